The van der Waals surface area contributed by atoms with Crippen LogP contribution in [0.15, 0.2) is 41.5 Å². The lowest BCUT2D eigenvalue weighted by atomic mass is 10.1. The number of hydrogen-bond donors (Lipinski definition) is 1. The van der Waals surface area contributed by atoms with Crippen LogP contribution in [-0.4, -0.2) is 24.2 Å². The van der Waals surface area contributed by atoms with Crippen molar-refractivity contribution < 1.29 is 14.5 Å². The number of carbonyl (C=O) groups excluding carboxylic acids is 1. The highest BCUT2D eigenvalue weighted by Crippen LogP contribution is 2.22. The predicted octanol–water partition coefficient (Wildman–Crippen LogP) is 3.28. The summed E-state index contributed by atoms with van der Waals surface area (Å²) in [5.74, 6) is 0.198. The summed E-state index contributed by atoms with van der Waals surface area (Å²) in [5, 5.41) is 14.7. The van der Waals surface area contributed by atoms with E-state index in [0.29, 0.717) is 22.4 Å². The van der Waals surface area contributed by atoms with Gasteiger partial charge in [0.2, 0.25) is 0 Å². The zero-order chi connectivity index (χ0) is 17.7. The molecular formula is C16H14IN3O4. The number of amides is 1. The second-order valence-electron chi connectivity index (χ2n) is 4.85. The first-order chi connectivity index (χ1) is 11.4. The van der Waals surface area contributed by atoms with E-state index in [4.69, 9.17) is 4.74 Å². The Labute approximate surface area is 152 Å². The number of rotatable bonds is 5. The largest absolute Gasteiger partial charge is 0.496 e. The molecular weight excluding hydrogens is 425 g/mol. The summed E-state index contributed by atoms with van der Waals surface area (Å²) in [4.78, 5) is 22.5. The molecule has 24 heavy (non-hydrogen) atoms. The Bertz CT molecular complexity index is 821. The van der Waals surface area contributed by atoms with Gasteiger partial charge in [-0.25, -0.2) is 5.43 Å². The molecule has 0 spiro atoms. The molecule has 0 radical (unpaired) electrons. The lowest BCUT2D eigenvalue weighted by Crippen LogP contribution is -2.17. The molecule has 8 heteroatoms. The number of halogens is 1. The lowest BCUT2D eigenvalue weighted by Gasteiger charge is -2.05. The number of aryl methyl sites for hydroxylation is 1. The molecule has 0 aliphatic carbocycles. The highest BCUT2D eigenvalue weighted by molar-refractivity contribution is 14.1. The summed E-state index contributed by atoms with van der Waals surface area (Å²) in [5.41, 5.74) is 3.88. The molecule has 2 aromatic carbocycles. The Kier molecular flexibility index (Phi) is 5.85. The first kappa shape index (κ1) is 17.9. The second-order valence-corrected chi connectivity index (χ2v) is 6.01. The normalized spacial score (nSPS) is 10.6. The number of carbonyl (C=O) groups is 1. The molecule has 0 saturated carbocycles. The van der Waals surface area contributed by atoms with Crippen LogP contribution in [0.4, 0.5) is 5.69 Å². The van der Waals surface area contributed by atoms with Gasteiger partial charge in [-0.2, -0.15) is 5.10 Å². The average Bonchev–Trinajstić information content (AvgIpc) is 2.56. The first-order valence-corrected chi connectivity index (χ1v) is 7.92. The van der Waals surface area contributed by atoms with Gasteiger partial charge in [0, 0.05) is 22.8 Å². The van der Waals surface area contributed by atoms with Gasteiger partial charge >= 0.3 is 0 Å². The van der Waals surface area contributed by atoms with Crippen LogP contribution in [0.3, 0.4) is 0 Å². The Morgan fingerprint density at radius 3 is 2.75 bits per heavy atom. The monoisotopic (exact) mass is 439 g/mol. The molecule has 0 bridgehead atoms. The summed E-state index contributed by atoms with van der Waals surface area (Å²) in [7, 11) is 1.53. The van der Waals surface area contributed by atoms with Gasteiger partial charge in [0.05, 0.1) is 21.8 Å². The lowest BCUT2D eigenvalue weighted by molar-refractivity contribution is -0.385. The van der Waals surface area contributed by atoms with Crippen LogP contribution in [0.25, 0.3) is 0 Å². The molecule has 0 fully saturated rings. The summed E-state index contributed by atoms with van der Waals surface area (Å²) in [6.07, 6.45) is 1.36. The van der Waals surface area contributed by atoms with Gasteiger partial charge in [0.1, 0.15) is 5.75 Å². The van der Waals surface area contributed by atoms with Crippen molar-refractivity contribution in [3.8, 4) is 5.75 Å². The molecule has 1 amide bonds. The molecule has 0 aromatic heterocycles. The summed E-state index contributed by atoms with van der Waals surface area (Å²) >= 11 is 2.11. The Morgan fingerprint density at radius 2 is 2.08 bits per heavy atom. The highest BCUT2D eigenvalue weighted by Gasteiger charge is 2.10. The molecule has 0 heterocycles. The topological polar surface area (TPSA) is 93.8 Å². The van der Waals surface area contributed by atoms with Crippen LogP contribution >= 0.6 is 22.6 Å². The molecule has 1 N–H and O–H groups in total. The fourth-order valence-electron chi connectivity index (χ4n) is 1.93. The van der Waals surface area contributed by atoms with E-state index in [9.17, 15) is 14.9 Å². The van der Waals surface area contributed by atoms with E-state index >= 15 is 0 Å². The van der Waals surface area contributed by atoms with Crippen molar-refractivity contribution in [3.05, 3.63) is 66.8 Å². The van der Waals surface area contributed by atoms with E-state index in [1.807, 2.05) is 0 Å². The zero-order valence-corrected chi connectivity index (χ0v) is 15.1. The van der Waals surface area contributed by atoms with Gasteiger partial charge in [-0.05, 0) is 47.7 Å². The molecule has 124 valence electrons. The molecule has 0 atom stereocenters. The number of nitro groups is 1. The molecule has 0 saturated heterocycles. The molecule has 0 aliphatic rings. The number of ether oxygens (including phenoxy) is 1. The average molecular weight is 439 g/mol. The second kappa shape index (κ2) is 7.86. The van der Waals surface area contributed by atoms with Crippen LogP contribution in [0.2, 0.25) is 0 Å². The number of nitrogens with one attached hydrogen (secondary N) is 1. The minimum Gasteiger partial charge on any atom is -0.496 e. The van der Waals surface area contributed by atoms with Gasteiger partial charge in [0.25, 0.3) is 11.6 Å². The molecule has 2 rings (SSSR count). The quantitative estimate of drug-likeness (QED) is 0.335. The van der Waals surface area contributed by atoms with Crippen molar-refractivity contribution in [2.45, 2.75) is 6.92 Å². The van der Waals surface area contributed by atoms with Crippen molar-refractivity contribution in [1.29, 1.82) is 0 Å². The predicted molar refractivity (Wildman–Crippen MR) is 98.6 cm³/mol. The third-order valence-electron chi connectivity index (χ3n) is 3.22. The number of nitrogens with zero attached hydrogens (tertiary/aromatic N) is 2. The van der Waals surface area contributed by atoms with Crippen LogP contribution in [0, 0.1) is 20.6 Å². The maximum absolute atomic E-state index is 12.1. The van der Waals surface area contributed by atoms with Crippen molar-refractivity contribution in [2.75, 3.05) is 7.11 Å². The number of hydrazone groups is 1. The number of benzene rings is 2. The van der Waals surface area contributed by atoms with Crippen molar-refractivity contribution in [2.24, 2.45) is 5.10 Å². The number of hydrogen-bond acceptors (Lipinski definition) is 5. The van der Waals surface area contributed by atoms with Crippen LogP contribution in [0.5, 0.6) is 5.75 Å². The van der Waals surface area contributed by atoms with Crippen molar-refractivity contribution in [3.63, 3.8) is 0 Å². The minimum atomic E-state index is -0.455. The molecule has 0 aliphatic heterocycles. The van der Waals surface area contributed by atoms with E-state index in [0.717, 1.165) is 3.57 Å². The van der Waals surface area contributed by atoms with E-state index in [1.165, 1.54) is 19.4 Å². The fourth-order valence-corrected chi connectivity index (χ4v) is 2.49. The van der Waals surface area contributed by atoms with Crippen LogP contribution < -0.4 is 10.2 Å². The Morgan fingerprint density at radius 1 is 1.33 bits per heavy atom. The molecule has 0 unspecified atom stereocenters. The third kappa shape index (κ3) is 4.28. The highest BCUT2D eigenvalue weighted by atomic mass is 127. The maximum Gasteiger partial charge on any atom is 0.272 e. The van der Waals surface area contributed by atoms with Crippen LogP contribution in [-0.2, 0) is 0 Å². The number of methoxy groups -OCH3 is 1. The van der Waals surface area contributed by atoms with Gasteiger partial charge in [-0.3, -0.25) is 14.9 Å². The molecule has 7 nitrogen and oxygen atoms in total. The Hall–Kier alpha value is -2.49. The van der Waals surface area contributed by atoms with E-state index in [-0.39, 0.29) is 5.69 Å². The smallest absolute Gasteiger partial charge is 0.272 e. The standard InChI is InChI=1S/C16H14IN3O4/c1-10-3-4-11(7-14(10)20(22)23)9-18-19-16(21)12-5-6-13(17)15(8-12)24-2/h3-9H,1-2H3,(H,19,21)/b18-9+. The zero-order valence-electron chi connectivity index (χ0n) is 12.9. The van der Waals surface area contributed by atoms with E-state index in [1.54, 1.807) is 37.3 Å². The fraction of sp³-hybridized carbons (Fsp3) is 0.125. The van der Waals surface area contributed by atoms with Gasteiger partial charge < -0.3 is 4.74 Å². The van der Waals surface area contributed by atoms with E-state index in [2.05, 4.69) is 33.1 Å². The first-order valence-electron chi connectivity index (χ1n) is 6.84. The Balaban J connectivity index is 2.10. The minimum absolute atomic E-state index is 0.00708. The van der Waals surface area contributed by atoms with Crippen molar-refractivity contribution >= 4 is 40.4 Å². The van der Waals surface area contributed by atoms with E-state index < -0.39 is 10.8 Å². The summed E-state index contributed by atoms with van der Waals surface area (Å²) in [6, 6.07) is 9.76. The van der Waals surface area contributed by atoms with Gasteiger partial charge in [0.15, 0.2) is 0 Å². The van der Waals surface area contributed by atoms with Gasteiger partial charge in [-0.1, -0.05) is 12.1 Å². The molecule has 2 aromatic rings. The third-order valence-corrected chi connectivity index (χ3v) is 4.11. The van der Waals surface area contributed by atoms with Crippen molar-refractivity contribution in [1.82, 2.24) is 5.43 Å². The van der Waals surface area contributed by atoms with Crippen LogP contribution in [0.1, 0.15) is 21.5 Å². The number of nitro benzene ring substituents is 1. The van der Waals surface area contributed by atoms with Gasteiger partial charge in [-0.15, -0.1) is 0 Å². The summed E-state index contributed by atoms with van der Waals surface area (Å²) in [6.45, 7) is 1.66. The maximum atomic E-state index is 12.1. The SMILES string of the molecule is COc1cc(C(=O)N/N=C/c2ccc(C)c([N+](=O)[O-])c2)ccc1I. The summed E-state index contributed by atoms with van der Waals surface area (Å²) < 4.78 is 6.06.